The lowest BCUT2D eigenvalue weighted by Gasteiger charge is -2.41. The van der Waals surface area contributed by atoms with Gasteiger partial charge in [-0.2, -0.15) is 0 Å². The second-order valence-corrected chi connectivity index (χ2v) is 15.8. The summed E-state index contributed by atoms with van der Waals surface area (Å²) in [4.78, 5) is 39.3. The molecule has 0 radical (unpaired) electrons. The number of rotatable bonds is 12. The monoisotopic (exact) mass is 633 g/mol. The predicted molar refractivity (Wildman–Crippen MR) is 167 cm³/mol. The van der Waals surface area contributed by atoms with E-state index >= 15 is 0 Å². The third-order valence-electron chi connectivity index (χ3n) is 10.4. The number of carbonyl (C=O) groups excluding carboxylic acids is 2. The van der Waals surface area contributed by atoms with Crippen molar-refractivity contribution < 1.29 is 33.5 Å². The van der Waals surface area contributed by atoms with E-state index < -0.39 is 16.9 Å². The molecular formula is C33H51N3O7S. The first-order valence-corrected chi connectivity index (χ1v) is 17.6. The summed E-state index contributed by atoms with van der Waals surface area (Å²) in [6.45, 7) is 6.43. The fraction of sp³-hybridized carbons (Fsp3) is 0.818. The number of aromatic nitrogens is 1. The van der Waals surface area contributed by atoms with Gasteiger partial charge in [-0.3, -0.25) is 14.4 Å². The summed E-state index contributed by atoms with van der Waals surface area (Å²) in [7, 11) is 0. The molecule has 5 rings (SSSR count). The fourth-order valence-corrected chi connectivity index (χ4v) is 9.00. The van der Waals surface area contributed by atoms with Crippen LogP contribution in [0, 0.1) is 23.2 Å². The van der Waals surface area contributed by atoms with E-state index in [0.29, 0.717) is 42.1 Å². The van der Waals surface area contributed by atoms with Gasteiger partial charge in [-0.1, -0.05) is 38.5 Å². The molecule has 2 amide bonds. The molecule has 11 heteroatoms. The highest BCUT2D eigenvalue weighted by Crippen LogP contribution is 2.44. The summed E-state index contributed by atoms with van der Waals surface area (Å²) >= 11 is 1.60. The number of amides is 2. The first-order chi connectivity index (χ1) is 21.0. The summed E-state index contributed by atoms with van der Waals surface area (Å²) in [5.41, 5.74) is -1.85. The van der Waals surface area contributed by atoms with Crippen LogP contribution < -0.4 is 15.4 Å². The van der Waals surface area contributed by atoms with E-state index in [1.165, 1.54) is 44.9 Å². The van der Waals surface area contributed by atoms with Gasteiger partial charge in [0.05, 0.1) is 17.4 Å². The number of ether oxygens (including phenoxy) is 2. The number of fused-ring (bicyclic) bond motifs is 2. The van der Waals surface area contributed by atoms with Crippen molar-refractivity contribution in [2.45, 2.75) is 132 Å². The Morgan fingerprint density at radius 3 is 2.39 bits per heavy atom. The Kier molecular flexibility index (Phi) is 10.9. The highest BCUT2D eigenvalue weighted by Gasteiger charge is 2.41. The van der Waals surface area contributed by atoms with Crippen molar-refractivity contribution in [3.05, 3.63) is 5.76 Å². The van der Waals surface area contributed by atoms with Crippen molar-refractivity contribution in [2.24, 2.45) is 23.2 Å². The summed E-state index contributed by atoms with van der Waals surface area (Å²) in [6.07, 6.45) is 14.0. The normalized spacial score (nSPS) is 26.4. The number of aliphatic carboxylic acids is 1. The highest BCUT2D eigenvalue weighted by atomic mass is 32.2. The van der Waals surface area contributed by atoms with E-state index in [2.05, 4.69) is 22.7 Å². The Morgan fingerprint density at radius 1 is 1.05 bits per heavy atom. The molecule has 246 valence electrons. The number of nitrogens with zero attached hydrogens (tertiary/aromatic N) is 1. The molecule has 1 aliphatic heterocycles. The maximum atomic E-state index is 13.6. The van der Waals surface area contributed by atoms with Crippen LogP contribution in [0.15, 0.2) is 9.42 Å². The van der Waals surface area contributed by atoms with Gasteiger partial charge >= 0.3 is 5.97 Å². The molecular weight excluding hydrogens is 582 g/mol. The van der Waals surface area contributed by atoms with Crippen LogP contribution in [0.5, 0.6) is 5.88 Å². The van der Waals surface area contributed by atoms with Crippen LogP contribution in [0.4, 0.5) is 0 Å². The topological polar surface area (TPSA) is 140 Å². The quantitative estimate of drug-likeness (QED) is 0.254. The minimum atomic E-state index is -0.995. The van der Waals surface area contributed by atoms with E-state index in [9.17, 15) is 19.5 Å². The van der Waals surface area contributed by atoms with Crippen LogP contribution in [0.3, 0.4) is 0 Å². The molecule has 1 aromatic heterocycles. The van der Waals surface area contributed by atoms with Gasteiger partial charge in [-0.05, 0) is 88.6 Å². The molecule has 1 saturated heterocycles. The van der Waals surface area contributed by atoms with Crippen molar-refractivity contribution in [3.63, 3.8) is 0 Å². The lowest BCUT2D eigenvalue weighted by molar-refractivity contribution is -0.142. The van der Waals surface area contributed by atoms with Crippen LogP contribution in [-0.4, -0.2) is 64.7 Å². The zero-order valence-electron chi connectivity index (χ0n) is 26.7. The molecule has 3 N–H and O–H groups in total. The third kappa shape index (κ3) is 8.30. The Balaban J connectivity index is 1.27. The zero-order chi connectivity index (χ0) is 31.3. The largest absolute Gasteiger partial charge is 0.481 e. The molecule has 1 aromatic rings. The molecule has 44 heavy (non-hydrogen) atoms. The first-order valence-electron chi connectivity index (χ1n) is 16.8. The molecule has 2 heterocycles. The standard InChI is InChI=1S/C33H51N3O7S/c1-21(24-17-22-8-7-9-23(16-22)18-24)34-29(39)27-28(44-25-10-5-4-6-11-25)30(36-43-27)42-20-32(2,3)31(40)35-33(19-26(37)38)12-14-41-15-13-33/h21-25H,4-20H2,1-3H3,(H,34,39)(H,35,40)(H,37,38). The molecule has 0 spiro atoms. The maximum Gasteiger partial charge on any atom is 0.305 e. The van der Waals surface area contributed by atoms with Crippen molar-refractivity contribution in [2.75, 3.05) is 19.8 Å². The van der Waals surface area contributed by atoms with Gasteiger partial charge in [0.1, 0.15) is 11.5 Å². The molecule has 2 bridgehead atoms. The fourth-order valence-electron chi connectivity index (χ4n) is 7.66. The van der Waals surface area contributed by atoms with E-state index in [0.717, 1.165) is 37.5 Å². The van der Waals surface area contributed by atoms with Crippen LogP contribution in [0.1, 0.15) is 121 Å². The van der Waals surface area contributed by atoms with E-state index in [-0.39, 0.29) is 42.5 Å². The van der Waals surface area contributed by atoms with Crippen LogP contribution in [0.2, 0.25) is 0 Å². The Hall–Kier alpha value is -2.27. The number of nitrogens with one attached hydrogen (secondary N) is 2. The number of thioether (sulfide) groups is 1. The van der Waals surface area contributed by atoms with Gasteiger partial charge in [-0.15, -0.1) is 11.8 Å². The molecule has 0 aromatic carbocycles. The number of hydrogen-bond donors (Lipinski definition) is 3. The Labute approximate surface area is 265 Å². The van der Waals surface area contributed by atoms with Crippen molar-refractivity contribution in [1.82, 2.24) is 15.8 Å². The second kappa shape index (κ2) is 14.4. The van der Waals surface area contributed by atoms with Gasteiger partial charge in [0, 0.05) is 24.5 Å². The van der Waals surface area contributed by atoms with Gasteiger partial charge in [0.15, 0.2) is 0 Å². The van der Waals surface area contributed by atoms with Crippen molar-refractivity contribution in [3.8, 4) is 5.88 Å². The number of hydrogen-bond acceptors (Lipinski definition) is 8. The first kappa shape index (κ1) is 33.1. The smallest absolute Gasteiger partial charge is 0.305 e. The Morgan fingerprint density at radius 2 is 1.73 bits per heavy atom. The van der Waals surface area contributed by atoms with Gasteiger partial charge in [0.25, 0.3) is 11.8 Å². The summed E-state index contributed by atoms with van der Waals surface area (Å²) in [6, 6.07) is 0.0406. The molecule has 3 unspecified atom stereocenters. The number of carbonyl (C=O) groups is 3. The molecule has 3 saturated carbocycles. The SMILES string of the molecule is CC(NC(=O)c1onc(OCC(C)(C)C(=O)NC2(CC(=O)O)CCOCC2)c1SC1CCCCC1)C1CC2CCCC(C2)C1. The minimum absolute atomic E-state index is 0.00838. The minimum Gasteiger partial charge on any atom is -0.481 e. The average Bonchev–Trinajstić information content (AvgIpc) is 3.38. The van der Waals surface area contributed by atoms with Gasteiger partial charge < -0.3 is 29.7 Å². The summed E-state index contributed by atoms with van der Waals surface area (Å²) in [5, 5.41) is 20.3. The van der Waals surface area contributed by atoms with E-state index in [4.69, 9.17) is 14.0 Å². The van der Waals surface area contributed by atoms with Crippen LogP contribution in [0.25, 0.3) is 0 Å². The van der Waals surface area contributed by atoms with E-state index in [1.54, 1.807) is 25.6 Å². The van der Waals surface area contributed by atoms with Crippen LogP contribution >= 0.6 is 11.8 Å². The van der Waals surface area contributed by atoms with Gasteiger partial charge in [-0.25, -0.2) is 0 Å². The highest BCUT2D eigenvalue weighted by molar-refractivity contribution is 8.00. The second-order valence-electron chi connectivity index (χ2n) is 14.5. The van der Waals surface area contributed by atoms with Crippen LogP contribution in [-0.2, 0) is 14.3 Å². The summed E-state index contributed by atoms with van der Waals surface area (Å²) in [5.74, 6) is 0.924. The molecule has 10 nitrogen and oxygen atoms in total. The number of carboxylic acids is 1. The van der Waals surface area contributed by atoms with Gasteiger partial charge in [0.2, 0.25) is 11.7 Å². The molecule has 3 aliphatic carbocycles. The Bertz CT molecular complexity index is 1150. The van der Waals surface area contributed by atoms with Crippen molar-refractivity contribution >= 4 is 29.5 Å². The molecule has 4 aliphatic rings. The molecule has 4 fully saturated rings. The van der Waals surface area contributed by atoms with E-state index in [1.807, 2.05) is 0 Å². The summed E-state index contributed by atoms with van der Waals surface area (Å²) < 4.78 is 17.3. The number of carboxylic acid groups (broad SMARTS) is 1. The zero-order valence-corrected chi connectivity index (χ0v) is 27.5. The predicted octanol–water partition coefficient (Wildman–Crippen LogP) is 5.98. The molecule has 3 atom stereocenters. The third-order valence-corrected chi connectivity index (χ3v) is 11.8. The maximum absolute atomic E-state index is 13.6. The average molecular weight is 634 g/mol. The van der Waals surface area contributed by atoms with Crippen molar-refractivity contribution in [1.29, 1.82) is 0 Å². The lowest BCUT2D eigenvalue weighted by Crippen LogP contribution is -2.57. The lowest BCUT2D eigenvalue weighted by atomic mass is 9.66.